The number of rotatable bonds is 4. The van der Waals surface area contributed by atoms with E-state index in [0.717, 1.165) is 23.1 Å². The van der Waals surface area contributed by atoms with Crippen LogP contribution in [0.3, 0.4) is 0 Å². The van der Waals surface area contributed by atoms with E-state index in [0.29, 0.717) is 10.0 Å². The fourth-order valence-electron chi connectivity index (χ4n) is 2.05. The third-order valence-corrected chi connectivity index (χ3v) is 3.66. The van der Waals surface area contributed by atoms with Gasteiger partial charge in [0, 0.05) is 22.0 Å². The van der Waals surface area contributed by atoms with Gasteiger partial charge in [0.25, 0.3) is 0 Å². The summed E-state index contributed by atoms with van der Waals surface area (Å²) >= 11 is 12.0. The number of hydrogen-bond acceptors (Lipinski definition) is 1. The molecule has 0 spiro atoms. The molecular formula is C16H14Cl2O. The third-order valence-electron chi connectivity index (χ3n) is 3.06. The van der Waals surface area contributed by atoms with Gasteiger partial charge in [-0.25, -0.2) is 0 Å². The van der Waals surface area contributed by atoms with E-state index in [-0.39, 0.29) is 12.2 Å². The molecule has 0 aliphatic rings. The fraction of sp³-hybridized carbons (Fsp3) is 0.188. The molecule has 0 aliphatic carbocycles. The van der Waals surface area contributed by atoms with Gasteiger partial charge in [0.15, 0.2) is 5.78 Å². The molecule has 0 saturated carbocycles. The first-order chi connectivity index (χ1) is 9.11. The van der Waals surface area contributed by atoms with Crippen molar-refractivity contribution in [3.05, 3.63) is 69.2 Å². The number of carbonyl (C=O) groups excluding carboxylic acids is 1. The molecular weight excluding hydrogens is 279 g/mol. The number of hydrogen-bond donors (Lipinski definition) is 0. The van der Waals surface area contributed by atoms with Crippen molar-refractivity contribution in [2.24, 2.45) is 0 Å². The van der Waals surface area contributed by atoms with Crippen LogP contribution in [0.5, 0.6) is 0 Å². The van der Waals surface area contributed by atoms with E-state index in [4.69, 9.17) is 23.2 Å². The van der Waals surface area contributed by atoms with Crippen LogP contribution in [0, 0.1) is 0 Å². The zero-order valence-electron chi connectivity index (χ0n) is 10.6. The predicted molar refractivity (Wildman–Crippen MR) is 80.3 cm³/mol. The summed E-state index contributed by atoms with van der Waals surface area (Å²) in [5, 5.41) is 1.17. The quantitative estimate of drug-likeness (QED) is 0.726. The highest BCUT2D eigenvalue weighted by Gasteiger charge is 2.12. The second kappa shape index (κ2) is 6.23. The van der Waals surface area contributed by atoms with Gasteiger partial charge < -0.3 is 0 Å². The molecule has 1 nitrogen and oxygen atoms in total. The minimum Gasteiger partial charge on any atom is -0.294 e. The van der Waals surface area contributed by atoms with Crippen molar-refractivity contribution in [3.63, 3.8) is 0 Å². The number of carbonyl (C=O) groups is 1. The smallest absolute Gasteiger partial charge is 0.167 e. The minimum absolute atomic E-state index is 0.0709. The summed E-state index contributed by atoms with van der Waals surface area (Å²) in [6.07, 6.45) is 1.11. The molecule has 2 rings (SSSR count). The van der Waals surface area contributed by atoms with E-state index in [2.05, 4.69) is 0 Å². The number of benzene rings is 2. The number of ketones is 1. The van der Waals surface area contributed by atoms with Crippen molar-refractivity contribution < 1.29 is 4.79 Å². The van der Waals surface area contributed by atoms with Crippen molar-refractivity contribution in [1.29, 1.82) is 0 Å². The van der Waals surface area contributed by atoms with Crippen LogP contribution in [0.25, 0.3) is 0 Å². The monoisotopic (exact) mass is 292 g/mol. The maximum absolute atomic E-state index is 12.4. The average molecular weight is 293 g/mol. The van der Waals surface area contributed by atoms with Gasteiger partial charge in [-0.15, -0.1) is 0 Å². The Morgan fingerprint density at radius 1 is 1.05 bits per heavy atom. The molecule has 0 N–H and O–H groups in total. The first kappa shape index (κ1) is 14.1. The van der Waals surface area contributed by atoms with Gasteiger partial charge in [-0.05, 0) is 35.7 Å². The number of aryl methyl sites for hydroxylation is 1. The summed E-state index contributed by atoms with van der Waals surface area (Å²) in [6.45, 7) is 2.04. The normalized spacial score (nSPS) is 10.5. The van der Waals surface area contributed by atoms with E-state index in [1.54, 1.807) is 18.2 Å². The Morgan fingerprint density at radius 3 is 2.53 bits per heavy atom. The summed E-state index contributed by atoms with van der Waals surface area (Å²) < 4.78 is 0. The summed E-state index contributed by atoms with van der Waals surface area (Å²) in [5.74, 6) is 0.0709. The topological polar surface area (TPSA) is 17.1 Å². The molecule has 0 radical (unpaired) electrons. The highest BCUT2D eigenvalue weighted by molar-refractivity contribution is 6.33. The fourth-order valence-corrected chi connectivity index (χ4v) is 2.43. The lowest BCUT2D eigenvalue weighted by Gasteiger charge is -2.08. The highest BCUT2D eigenvalue weighted by Crippen LogP contribution is 2.23. The molecule has 0 aliphatic heterocycles. The Bertz CT molecular complexity index is 605. The molecule has 2 aromatic rings. The highest BCUT2D eigenvalue weighted by atomic mass is 35.5. The van der Waals surface area contributed by atoms with Crippen molar-refractivity contribution in [3.8, 4) is 0 Å². The van der Waals surface area contributed by atoms with Gasteiger partial charge in [0.05, 0.1) is 0 Å². The van der Waals surface area contributed by atoms with E-state index < -0.39 is 0 Å². The first-order valence-electron chi connectivity index (χ1n) is 6.17. The summed E-state index contributed by atoms with van der Waals surface area (Å²) in [4.78, 5) is 12.4. The molecule has 0 bridgehead atoms. The SMILES string of the molecule is CCc1ccccc1C(=O)Cc1cc(Cl)ccc1Cl. The maximum atomic E-state index is 12.4. The van der Waals surface area contributed by atoms with Gasteiger partial charge in [0.2, 0.25) is 0 Å². The van der Waals surface area contributed by atoms with Crippen LogP contribution >= 0.6 is 23.2 Å². The number of Topliss-reactive ketones (excluding diaryl/α,β-unsaturated/α-hetero) is 1. The van der Waals surface area contributed by atoms with E-state index >= 15 is 0 Å². The second-order valence-electron chi connectivity index (χ2n) is 4.35. The largest absolute Gasteiger partial charge is 0.294 e. The molecule has 2 aromatic carbocycles. The summed E-state index contributed by atoms with van der Waals surface area (Å²) in [5.41, 5.74) is 2.59. The van der Waals surface area contributed by atoms with Crippen LogP contribution in [0.15, 0.2) is 42.5 Å². The van der Waals surface area contributed by atoms with Gasteiger partial charge in [-0.1, -0.05) is 54.4 Å². The molecule has 0 heterocycles. The van der Waals surface area contributed by atoms with E-state index in [1.165, 1.54) is 0 Å². The minimum atomic E-state index is 0.0709. The van der Waals surface area contributed by atoms with Crippen molar-refractivity contribution in [1.82, 2.24) is 0 Å². The third kappa shape index (κ3) is 3.37. The maximum Gasteiger partial charge on any atom is 0.167 e. The van der Waals surface area contributed by atoms with Crippen LogP contribution in [0.1, 0.15) is 28.4 Å². The molecule has 0 atom stereocenters. The summed E-state index contributed by atoms with van der Waals surface area (Å²) in [7, 11) is 0. The van der Waals surface area contributed by atoms with Gasteiger partial charge >= 0.3 is 0 Å². The Balaban J connectivity index is 2.28. The van der Waals surface area contributed by atoms with Crippen LogP contribution in [0.4, 0.5) is 0 Å². The van der Waals surface area contributed by atoms with Gasteiger partial charge in [0.1, 0.15) is 0 Å². The van der Waals surface area contributed by atoms with Crippen molar-refractivity contribution >= 4 is 29.0 Å². The Labute approximate surface area is 123 Å². The van der Waals surface area contributed by atoms with Gasteiger partial charge in [-0.3, -0.25) is 4.79 Å². The second-order valence-corrected chi connectivity index (χ2v) is 5.19. The lowest BCUT2D eigenvalue weighted by molar-refractivity contribution is 0.0992. The predicted octanol–water partition coefficient (Wildman–Crippen LogP) is 4.98. The Hall–Kier alpha value is -1.31. The Kier molecular flexibility index (Phi) is 4.62. The molecule has 0 saturated heterocycles. The van der Waals surface area contributed by atoms with Gasteiger partial charge in [-0.2, -0.15) is 0 Å². The van der Waals surface area contributed by atoms with E-state index in [9.17, 15) is 4.79 Å². The summed E-state index contributed by atoms with van der Waals surface area (Å²) in [6, 6.07) is 12.9. The zero-order valence-corrected chi connectivity index (χ0v) is 12.1. The molecule has 0 aromatic heterocycles. The lowest BCUT2D eigenvalue weighted by Crippen LogP contribution is -2.07. The van der Waals surface area contributed by atoms with Crippen LogP contribution < -0.4 is 0 Å². The van der Waals surface area contributed by atoms with E-state index in [1.807, 2.05) is 31.2 Å². The molecule has 19 heavy (non-hydrogen) atoms. The average Bonchev–Trinajstić information content (AvgIpc) is 2.42. The molecule has 98 valence electrons. The van der Waals surface area contributed by atoms with Crippen LogP contribution in [0.2, 0.25) is 10.0 Å². The lowest BCUT2D eigenvalue weighted by atomic mass is 9.97. The molecule has 0 unspecified atom stereocenters. The zero-order chi connectivity index (χ0) is 13.8. The van der Waals surface area contributed by atoms with Crippen LogP contribution in [-0.2, 0) is 12.8 Å². The van der Waals surface area contributed by atoms with Crippen molar-refractivity contribution in [2.75, 3.05) is 0 Å². The molecule has 0 fully saturated rings. The standard InChI is InChI=1S/C16H14Cl2O/c1-2-11-5-3-4-6-14(11)16(19)10-12-9-13(17)7-8-15(12)18/h3-9H,2,10H2,1H3. The van der Waals surface area contributed by atoms with Crippen molar-refractivity contribution in [2.45, 2.75) is 19.8 Å². The molecule has 0 amide bonds. The molecule has 3 heteroatoms. The Morgan fingerprint density at radius 2 is 1.79 bits per heavy atom. The number of halogens is 2. The first-order valence-corrected chi connectivity index (χ1v) is 6.92. The van der Waals surface area contributed by atoms with Crippen LogP contribution in [-0.4, -0.2) is 5.78 Å².